The lowest BCUT2D eigenvalue weighted by molar-refractivity contribution is -0.385. The Bertz CT molecular complexity index is 706. The Balaban J connectivity index is 2.05. The Hall–Kier alpha value is -2.96. The summed E-state index contributed by atoms with van der Waals surface area (Å²) in [4.78, 5) is 23.6. The van der Waals surface area contributed by atoms with E-state index < -0.39 is 10.7 Å². The van der Waals surface area contributed by atoms with E-state index in [1.807, 2.05) is 25.1 Å². The van der Waals surface area contributed by atoms with E-state index in [1.54, 1.807) is 12.1 Å². The number of carbonyl (C=O) groups is 1. The molecule has 0 unspecified atom stereocenters. The second-order valence-corrected chi connectivity index (χ2v) is 4.63. The van der Waals surface area contributed by atoms with Gasteiger partial charge in [-0.15, -0.1) is 0 Å². The summed E-state index contributed by atoms with van der Waals surface area (Å²) in [6.07, 6.45) is 0. The maximum atomic E-state index is 13.7. The van der Waals surface area contributed by atoms with Gasteiger partial charge in [-0.2, -0.15) is 0 Å². The third-order valence-electron chi connectivity index (χ3n) is 3.16. The van der Waals surface area contributed by atoms with Crippen molar-refractivity contribution in [2.24, 2.45) is 0 Å². The van der Waals surface area contributed by atoms with Crippen LogP contribution in [0, 0.1) is 15.9 Å². The van der Waals surface area contributed by atoms with Crippen molar-refractivity contribution in [3.05, 3.63) is 64.5 Å². The molecule has 0 spiro atoms. The number of hydrogen-bond donors (Lipinski definition) is 0. The van der Waals surface area contributed by atoms with Gasteiger partial charge in [0.2, 0.25) is 0 Å². The summed E-state index contributed by atoms with van der Waals surface area (Å²) in [6, 6.07) is 12.0. The van der Waals surface area contributed by atoms with E-state index in [-0.39, 0.29) is 24.0 Å². The zero-order chi connectivity index (χ0) is 16.8. The van der Waals surface area contributed by atoms with Gasteiger partial charge in [-0.25, -0.2) is 4.39 Å². The average Bonchev–Trinajstić information content (AvgIpc) is 2.55. The van der Waals surface area contributed by atoms with Gasteiger partial charge in [-0.3, -0.25) is 14.9 Å². The molecule has 2 aromatic carbocycles. The van der Waals surface area contributed by atoms with Gasteiger partial charge in [-0.05, 0) is 25.1 Å². The number of hydrogen-bond acceptors (Lipinski definition) is 4. The van der Waals surface area contributed by atoms with Crippen LogP contribution in [0.4, 0.5) is 15.8 Å². The van der Waals surface area contributed by atoms with Crippen molar-refractivity contribution in [2.45, 2.75) is 6.92 Å². The van der Waals surface area contributed by atoms with E-state index >= 15 is 0 Å². The van der Waals surface area contributed by atoms with Gasteiger partial charge in [0, 0.05) is 18.3 Å². The molecule has 0 radical (unpaired) electrons. The molecule has 0 aliphatic carbocycles. The normalized spacial score (nSPS) is 10.2. The van der Waals surface area contributed by atoms with Crippen molar-refractivity contribution < 1.29 is 18.8 Å². The van der Waals surface area contributed by atoms with Crippen LogP contribution in [-0.4, -0.2) is 24.0 Å². The lowest BCUT2D eigenvalue weighted by Gasteiger charge is -2.21. The summed E-state index contributed by atoms with van der Waals surface area (Å²) in [7, 11) is 0. The van der Waals surface area contributed by atoms with Gasteiger partial charge in [0.05, 0.1) is 11.0 Å². The predicted molar refractivity (Wildman–Crippen MR) is 83.0 cm³/mol. The first-order valence-electron chi connectivity index (χ1n) is 6.95. The molecule has 0 heterocycles. The fourth-order valence-electron chi connectivity index (χ4n) is 2.05. The molecule has 0 fully saturated rings. The summed E-state index contributed by atoms with van der Waals surface area (Å²) in [6.45, 7) is 1.89. The highest BCUT2D eigenvalue weighted by molar-refractivity contribution is 5.94. The number of anilines is 1. The van der Waals surface area contributed by atoms with Crippen molar-refractivity contribution in [2.75, 3.05) is 18.1 Å². The number of nitro benzene ring substituents is 1. The van der Waals surface area contributed by atoms with Crippen LogP contribution >= 0.6 is 0 Å². The van der Waals surface area contributed by atoms with Crippen LogP contribution in [0.25, 0.3) is 0 Å². The van der Waals surface area contributed by atoms with Crippen LogP contribution in [0.15, 0.2) is 48.5 Å². The van der Waals surface area contributed by atoms with E-state index in [0.717, 1.165) is 18.2 Å². The molecule has 0 aromatic heterocycles. The van der Waals surface area contributed by atoms with Crippen molar-refractivity contribution >= 4 is 17.3 Å². The maximum absolute atomic E-state index is 13.7. The third-order valence-corrected chi connectivity index (χ3v) is 3.16. The van der Waals surface area contributed by atoms with E-state index in [4.69, 9.17) is 4.74 Å². The first-order chi connectivity index (χ1) is 11.0. The minimum absolute atomic E-state index is 0.201. The van der Waals surface area contributed by atoms with Crippen LogP contribution in [0.2, 0.25) is 0 Å². The number of carbonyl (C=O) groups excluding carboxylic acids is 1. The Kier molecular flexibility index (Phi) is 5.24. The summed E-state index contributed by atoms with van der Waals surface area (Å²) >= 11 is 0. The number of nitro groups is 1. The number of para-hydroxylation sites is 1. The average molecular weight is 318 g/mol. The molecule has 2 rings (SSSR count). The predicted octanol–water partition coefficient (Wildman–Crippen LogP) is 3.17. The first kappa shape index (κ1) is 16.4. The quantitative estimate of drug-likeness (QED) is 0.606. The van der Waals surface area contributed by atoms with E-state index in [1.165, 1.54) is 4.90 Å². The number of non-ortho nitro benzene ring substituents is 1. The Morgan fingerprint density at radius 3 is 2.52 bits per heavy atom. The van der Waals surface area contributed by atoms with Crippen LogP contribution < -0.4 is 9.64 Å². The van der Waals surface area contributed by atoms with Gasteiger partial charge >= 0.3 is 0 Å². The van der Waals surface area contributed by atoms with Crippen molar-refractivity contribution in [1.29, 1.82) is 0 Å². The first-order valence-corrected chi connectivity index (χ1v) is 6.95. The number of nitrogens with zero attached hydrogens (tertiary/aromatic N) is 2. The van der Waals surface area contributed by atoms with Gasteiger partial charge < -0.3 is 9.64 Å². The molecule has 0 atom stereocenters. The molecule has 0 N–H and O–H groups in total. The van der Waals surface area contributed by atoms with Crippen LogP contribution in [-0.2, 0) is 4.79 Å². The van der Waals surface area contributed by atoms with Crippen LogP contribution in [0.5, 0.6) is 5.75 Å². The van der Waals surface area contributed by atoms with Crippen molar-refractivity contribution in [1.82, 2.24) is 0 Å². The van der Waals surface area contributed by atoms with E-state index in [0.29, 0.717) is 12.2 Å². The maximum Gasteiger partial charge on any atom is 0.272 e. The molecule has 0 saturated carbocycles. The van der Waals surface area contributed by atoms with Crippen molar-refractivity contribution in [3.63, 3.8) is 0 Å². The van der Waals surface area contributed by atoms with Crippen molar-refractivity contribution in [3.8, 4) is 5.75 Å². The fourth-order valence-corrected chi connectivity index (χ4v) is 2.05. The summed E-state index contributed by atoms with van der Waals surface area (Å²) in [5, 5.41) is 10.6. The van der Waals surface area contributed by atoms with E-state index in [9.17, 15) is 19.3 Å². The fraction of sp³-hybridized carbons (Fsp3) is 0.188. The molecule has 0 aliphatic heterocycles. The molecular weight excluding hydrogens is 303 g/mol. The number of likely N-dealkylation sites (N-methyl/N-ethyl adjacent to an activating group) is 1. The lowest BCUT2D eigenvalue weighted by Crippen LogP contribution is -2.34. The Morgan fingerprint density at radius 2 is 1.96 bits per heavy atom. The van der Waals surface area contributed by atoms with Gasteiger partial charge in [0.15, 0.2) is 18.2 Å². The third kappa shape index (κ3) is 4.03. The lowest BCUT2D eigenvalue weighted by atomic mass is 10.3. The SMILES string of the molecule is CCN(C(=O)COc1ccc([N+](=O)[O-])cc1F)c1ccccc1. The molecule has 23 heavy (non-hydrogen) atoms. The Morgan fingerprint density at radius 1 is 1.26 bits per heavy atom. The number of rotatable bonds is 6. The van der Waals surface area contributed by atoms with Crippen LogP contribution in [0.3, 0.4) is 0 Å². The highest BCUT2D eigenvalue weighted by Crippen LogP contribution is 2.22. The molecule has 6 nitrogen and oxygen atoms in total. The highest BCUT2D eigenvalue weighted by Gasteiger charge is 2.16. The zero-order valence-corrected chi connectivity index (χ0v) is 12.4. The highest BCUT2D eigenvalue weighted by atomic mass is 19.1. The Labute approximate surface area is 132 Å². The van der Waals surface area contributed by atoms with Gasteiger partial charge in [0.1, 0.15) is 0 Å². The van der Waals surface area contributed by atoms with E-state index in [2.05, 4.69) is 0 Å². The molecular formula is C16H15FN2O4. The monoisotopic (exact) mass is 318 g/mol. The molecule has 0 bridgehead atoms. The number of amides is 1. The molecule has 1 amide bonds. The second kappa shape index (κ2) is 7.35. The summed E-state index contributed by atoms with van der Waals surface area (Å²) in [5.74, 6) is -1.42. The minimum atomic E-state index is -0.880. The molecule has 120 valence electrons. The molecule has 0 aliphatic rings. The zero-order valence-electron chi connectivity index (χ0n) is 12.4. The molecule has 0 saturated heterocycles. The minimum Gasteiger partial charge on any atom is -0.481 e. The topological polar surface area (TPSA) is 72.7 Å². The number of ether oxygens (including phenoxy) is 1. The van der Waals surface area contributed by atoms with Gasteiger partial charge in [0.25, 0.3) is 11.6 Å². The largest absolute Gasteiger partial charge is 0.481 e. The standard InChI is InChI=1S/C16H15FN2O4/c1-2-18(12-6-4-3-5-7-12)16(20)11-23-15-9-8-13(19(21)22)10-14(15)17/h3-10H,2,11H2,1H3. The second-order valence-electron chi connectivity index (χ2n) is 4.63. The summed E-state index contributed by atoms with van der Waals surface area (Å²) < 4.78 is 18.9. The summed E-state index contributed by atoms with van der Waals surface area (Å²) in [5.41, 5.74) is 0.341. The molecule has 2 aromatic rings. The number of halogens is 1. The van der Waals surface area contributed by atoms with Crippen LogP contribution in [0.1, 0.15) is 6.92 Å². The molecule has 7 heteroatoms. The number of benzene rings is 2. The smallest absolute Gasteiger partial charge is 0.272 e. The van der Waals surface area contributed by atoms with Gasteiger partial charge in [-0.1, -0.05) is 18.2 Å².